The second kappa shape index (κ2) is 11.8. The fourth-order valence-electron chi connectivity index (χ4n) is 4.30. The van der Waals surface area contributed by atoms with Gasteiger partial charge in [0.05, 0.1) is 0 Å². The highest BCUT2D eigenvalue weighted by Gasteiger charge is 2.16. The molecule has 6 heteroatoms. The average molecular weight is 401 g/mol. The molecule has 1 saturated heterocycles. The Balaban J connectivity index is 1.35. The van der Waals surface area contributed by atoms with E-state index in [1.807, 2.05) is 6.07 Å². The Hall–Kier alpha value is -2.08. The summed E-state index contributed by atoms with van der Waals surface area (Å²) in [6.07, 6.45) is 9.95. The summed E-state index contributed by atoms with van der Waals surface area (Å²) in [6, 6.07) is 8.48. The SMILES string of the molecule is O=C(CCNC(=O)NC1CCCCC1)NCc1ccccc1CN1CCCCC1. The van der Waals surface area contributed by atoms with Crippen LogP contribution in [0.15, 0.2) is 24.3 Å². The van der Waals surface area contributed by atoms with E-state index in [-0.39, 0.29) is 18.0 Å². The number of rotatable bonds is 8. The lowest BCUT2D eigenvalue weighted by Crippen LogP contribution is -2.43. The zero-order valence-electron chi connectivity index (χ0n) is 17.5. The Morgan fingerprint density at radius 1 is 0.897 bits per heavy atom. The van der Waals surface area contributed by atoms with Gasteiger partial charge in [-0.1, -0.05) is 49.9 Å². The number of nitrogens with one attached hydrogen (secondary N) is 3. The van der Waals surface area contributed by atoms with E-state index in [1.165, 1.54) is 49.7 Å². The fourth-order valence-corrected chi connectivity index (χ4v) is 4.30. The summed E-state index contributed by atoms with van der Waals surface area (Å²) in [6.45, 7) is 4.18. The molecule has 1 aliphatic carbocycles. The van der Waals surface area contributed by atoms with Gasteiger partial charge in [0.15, 0.2) is 0 Å². The van der Waals surface area contributed by atoms with Crippen molar-refractivity contribution in [2.24, 2.45) is 0 Å². The first-order valence-corrected chi connectivity index (χ1v) is 11.3. The van der Waals surface area contributed by atoms with Crippen molar-refractivity contribution in [1.29, 1.82) is 0 Å². The van der Waals surface area contributed by atoms with Gasteiger partial charge < -0.3 is 16.0 Å². The third-order valence-corrected chi connectivity index (χ3v) is 6.02. The van der Waals surface area contributed by atoms with Gasteiger partial charge in [-0.05, 0) is 49.9 Å². The number of nitrogens with zero attached hydrogens (tertiary/aromatic N) is 1. The van der Waals surface area contributed by atoms with Crippen LogP contribution in [0.3, 0.4) is 0 Å². The predicted octanol–water partition coefficient (Wildman–Crippen LogP) is 3.31. The molecule has 3 rings (SSSR count). The fraction of sp³-hybridized carbons (Fsp3) is 0.652. The molecule has 1 aromatic rings. The van der Waals surface area contributed by atoms with E-state index in [9.17, 15) is 9.59 Å². The van der Waals surface area contributed by atoms with Crippen LogP contribution in [-0.4, -0.2) is 42.5 Å². The first kappa shape index (κ1) is 21.6. The number of hydrogen-bond donors (Lipinski definition) is 3. The van der Waals surface area contributed by atoms with E-state index in [1.54, 1.807) is 0 Å². The van der Waals surface area contributed by atoms with Gasteiger partial charge >= 0.3 is 6.03 Å². The van der Waals surface area contributed by atoms with Gasteiger partial charge in [0, 0.05) is 32.1 Å². The van der Waals surface area contributed by atoms with E-state index in [2.05, 4.69) is 39.0 Å². The second-order valence-corrected chi connectivity index (χ2v) is 8.37. The maximum absolute atomic E-state index is 12.2. The molecular weight excluding hydrogens is 364 g/mol. The molecule has 3 N–H and O–H groups in total. The van der Waals surface area contributed by atoms with Crippen LogP contribution in [0.5, 0.6) is 0 Å². The van der Waals surface area contributed by atoms with Crippen molar-refractivity contribution in [1.82, 2.24) is 20.9 Å². The van der Waals surface area contributed by atoms with Crippen molar-refractivity contribution in [2.75, 3.05) is 19.6 Å². The topological polar surface area (TPSA) is 73.5 Å². The van der Waals surface area contributed by atoms with Crippen molar-refractivity contribution in [3.05, 3.63) is 35.4 Å². The number of urea groups is 1. The molecular formula is C23H36N4O2. The molecule has 0 unspecified atom stereocenters. The number of amides is 3. The molecule has 2 fully saturated rings. The summed E-state index contributed by atoms with van der Waals surface area (Å²) in [4.78, 5) is 26.6. The number of hydrogen-bond acceptors (Lipinski definition) is 3. The monoisotopic (exact) mass is 400 g/mol. The van der Waals surface area contributed by atoms with Gasteiger partial charge in [0.2, 0.25) is 5.91 Å². The van der Waals surface area contributed by atoms with Gasteiger partial charge in [-0.25, -0.2) is 4.79 Å². The van der Waals surface area contributed by atoms with E-state index in [4.69, 9.17) is 0 Å². The average Bonchev–Trinajstić information content (AvgIpc) is 2.74. The van der Waals surface area contributed by atoms with Crippen LogP contribution in [0, 0.1) is 0 Å². The lowest BCUT2D eigenvalue weighted by molar-refractivity contribution is -0.121. The summed E-state index contributed by atoms with van der Waals surface area (Å²) >= 11 is 0. The van der Waals surface area contributed by atoms with E-state index in [0.717, 1.165) is 32.5 Å². The molecule has 0 radical (unpaired) electrons. The van der Waals surface area contributed by atoms with Gasteiger partial charge in [0.1, 0.15) is 0 Å². The van der Waals surface area contributed by atoms with E-state index >= 15 is 0 Å². The summed E-state index contributed by atoms with van der Waals surface area (Å²) in [5, 5.41) is 8.82. The van der Waals surface area contributed by atoms with Crippen LogP contribution in [0.2, 0.25) is 0 Å². The van der Waals surface area contributed by atoms with Crippen LogP contribution < -0.4 is 16.0 Å². The van der Waals surface area contributed by atoms with Crippen LogP contribution in [-0.2, 0) is 17.9 Å². The quantitative estimate of drug-likeness (QED) is 0.627. The molecule has 0 aromatic heterocycles. The number of carbonyl (C=O) groups excluding carboxylic acids is 2. The standard InChI is InChI=1S/C23H36N4O2/c28-22(13-14-24-23(29)26-21-11-3-1-4-12-21)25-17-19-9-5-6-10-20(19)18-27-15-7-2-8-16-27/h5-6,9-10,21H,1-4,7-8,11-18H2,(H,25,28)(H2,24,26,29). The van der Waals surface area contributed by atoms with Crippen LogP contribution in [0.1, 0.15) is 68.9 Å². The first-order chi connectivity index (χ1) is 14.2. The lowest BCUT2D eigenvalue weighted by atomic mass is 9.96. The van der Waals surface area contributed by atoms with Gasteiger partial charge in [0.25, 0.3) is 0 Å². The van der Waals surface area contributed by atoms with Crippen LogP contribution in [0.4, 0.5) is 4.79 Å². The molecule has 1 heterocycles. The molecule has 0 spiro atoms. The van der Waals surface area contributed by atoms with Crippen molar-refractivity contribution < 1.29 is 9.59 Å². The number of likely N-dealkylation sites (tertiary alicyclic amines) is 1. The number of carbonyl (C=O) groups is 2. The summed E-state index contributed by atoms with van der Waals surface area (Å²) in [5.74, 6) is -0.0317. The lowest BCUT2D eigenvalue weighted by Gasteiger charge is -2.27. The van der Waals surface area contributed by atoms with Gasteiger partial charge in [-0.15, -0.1) is 0 Å². The molecule has 3 amide bonds. The smallest absolute Gasteiger partial charge is 0.315 e. The van der Waals surface area contributed by atoms with Gasteiger partial charge in [-0.3, -0.25) is 9.69 Å². The van der Waals surface area contributed by atoms with Crippen molar-refractivity contribution >= 4 is 11.9 Å². The Bertz CT molecular complexity index is 652. The molecule has 1 saturated carbocycles. The Morgan fingerprint density at radius 3 is 2.34 bits per heavy atom. The number of piperidine rings is 1. The normalized spacial score (nSPS) is 18.2. The second-order valence-electron chi connectivity index (χ2n) is 8.37. The van der Waals surface area contributed by atoms with Crippen molar-refractivity contribution in [2.45, 2.75) is 76.9 Å². The highest BCUT2D eigenvalue weighted by Crippen LogP contribution is 2.17. The maximum atomic E-state index is 12.2. The summed E-state index contributed by atoms with van der Waals surface area (Å²) in [7, 11) is 0. The first-order valence-electron chi connectivity index (χ1n) is 11.3. The minimum Gasteiger partial charge on any atom is -0.352 e. The maximum Gasteiger partial charge on any atom is 0.315 e. The molecule has 29 heavy (non-hydrogen) atoms. The minimum absolute atomic E-state index is 0.0317. The molecule has 160 valence electrons. The highest BCUT2D eigenvalue weighted by atomic mass is 16.2. The van der Waals surface area contributed by atoms with E-state index < -0.39 is 0 Å². The van der Waals surface area contributed by atoms with Crippen molar-refractivity contribution in [3.63, 3.8) is 0 Å². The predicted molar refractivity (Wildman–Crippen MR) is 115 cm³/mol. The molecule has 1 aromatic carbocycles. The molecule has 6 nitrogen and oxygen atoms in total. The Labute approximate surface area is 174 Å². The van der Waals surface area contributed by atoms with Crippen LogP contribution in [0.25, 0.3) is 0 Å². The van der Waals surface area contributed by atoms with Crippen molar-refractivity contribution in [3.8, 4) is 0 Å². The van der Waals surface area contributed by atoms with Crippen LogP contribution >= 0.6 is 0 Å². The van der Waals surface area contributed by atoms with E-state index in [0.29, 0.717) is 19.5 Å². The third-order valence-electron chi connectivity index (χ3n) is 6.02. The Kier molecular flexibility index (Phi) is 8.81. The molecule has 2 aliphatic rings. The number of benzene rings is 1. The zero-order valence-corrected chi connectivity index (χ0v) is 17.5. The third kappa shape index (κ3) is 7.69. The summed E-state index contributed by atoms with van der Waals surface area (Å²) < 4.78 is 0. The minimum atomic E-state index is -0.156. The highest BCUT2D eigenvalue weighted by molar-refractivity contribution is 5.78. The van der Waals surface area contributed by atoms with Gasteiger partial charge in [-0.2, -0.15) is 0 Å². The largest absolute Gasteiger partial charge is 0.352 e. The Morgan fingerprint density at radius 2 is 1.59 bits per heavy atom. The summed E-state index contributed by atoms with van der Waals surface area (Å²) in [5.41, 5.74) is 2.47. The zero-order chi connectivity index (χ0) is 20.3. The molecule has 1 aliphatic heterocycles. The molecule has 0 atom stereocenters. The molecule has 0 bridgehead atoms.